The SMILES string of the molecule is CCCCN(CCO)S(=O)(=O)c1cccc(C(N)CC)c1. The molecule has 0 spiro atoms. The Hall–Kier alpha value is -0.950. The fourth-order valence-corrected chi connectivity index (χ4v) is 3.61. The fraction of sp³-hybridized carbons (Fsp3) is 0.600. The summed E-state index contributed by atoms with van der Waals surface area (Å²) in [6, 6.07) is 6.61. The molecule has 5 nitrogen and oxygen atoms in total. The topological polar surface area (TPSA) is 83.6 Å². The summed E-state index contributed by atoms with van der Waals surface area (Å²) >= 11 is 0. The van der Waals surface area contributed by atoms with E-state index in [0.29, 0.717) is 6.54 Å². The van der Waals surface area contributed by atoms with E-state index in [1.807, 2.05) is 19.9 Å². The molecule has 1 atom stereocenters. The van der Waals surface area contributed by atoms with Gasteiger partial charge in [0.05, 0.1) is 11.5 Å². The minimum Gasteiger partial charge on any atom is -0.395 e. The molecule has 0 aliphatic heterocycles. The molecule has 1 aromatic carbocycles. The van der Waals surface area contributed by atoms with Crippen LogP contribution in [0, 0.1) is 0 Å². The van der Waals surface area contributed by atoms with Gasteiger partial charge in [-0.2, -0.15) is 4.31 Å². The lowest BCUT2D eigenvalue weighted by Gasteiger charge is -2.22. The average Bonchev–Trinajstić information content (AvgIpc) is 2.50. The number of aliphatic hydroxyl groups is 1. The van der Waals surface area contributed by atoms with Crippen molar-refractivity contribution >= 4 is 10.0 Å². The zero-order chi connectivity index (χ0) is 15.9. The minimum absolute atomic E-state index is 0.117. The normalized spacial score (nSPS) is 13.6. The number of aliphatic hydroxyl groups excluding tert-OH is 1. The summed E-state index contributed by atoms with van der Waals surface area (Å²) in [6.07, 6.45) is 2.42. The minimum atomic E-state index is -3.58. The Morgan fingerprint density at radius 3 is 2.57 bits per heavy atom. The Kier molecular flexibility index (Phi) is 7.31. The second kappa shape index (κ2) is 8.48. The molecule has 0 aliphatic rings. The lowest BCUT2D eigenvalue weighted by molar-refractivity contribution is 0.252. The maximum atomic E-state index is 12.7. The molecule has 0 fully saturated rings. The Balaban J connectivity index is 3.09. The van der Waals surface area contributed by atoms with Crippen LogP contribution in [0.2, 0.25) is 0 Å². The van der Waals surface area contributed by atoms with Crippen LogP contribution in [-0.4, -0.2) is 37.5 Å². The maximum absolute atomic E-state index is 12.7. The van der Waals surface area contributed by atoms with Crippen molar-refractivity contribution in [3.63, 3.8) is 0 Å². The molecule has 0 bridgehead atoms. The molecule has 0 amide bonds. The average molecular weight is 314 g/mol. The monoisotopic (exact) mass is 314 g/mol. The van der Waals surface area contributed by atoms with Gasteiger partial charge in [0.1, 0.15) is 0 Å². The zero-order valence-electron chi connectivity index (χ0n) is 12.8. The molecule has 0 radical (unpaired) electrons. The van der Waals surface area contributed by atoms with Gasteiger partial charge in [-0.25, -0.2) is 8.42 Å². The summed E-state index contributed by atoms with van der Waals surface area (Å²) in [5, 5.41) is 9.10. The van der Waals surface area contributed by atoms with Crippen molar-refractivity contribution in [3.8, 4) is 0 Å². The predicted molar refractivity (Wildman–Crippen MR) is 84.4 cm³/mol. The van der Waals surface area contributed by atoms with Gasteiger partial charge in [-0.3, -0.25) is 0 Å². The van der Waals surface area contributed by atoms with Crippen LogP contribution >= 0.6 is 0 Å². The molecular weight excluding hydrogens is 288 g/mol. The number of nitrogens with zero attached hydrogens (tertiary/aromatic N) is 1. The van der Waals surface area contributed by atoms with Gasteiger partial charge < -0.3 is 10.8 Å². The van der Waals surface area contributed by atoms with E-state index in [2.05, 4.69) is 0 Å². The van der Waals surface area contributed by atoms with Gasteiger partial charge in [0.25, 0.3) is 0 Å². The third-order valence-corrected chi connectivity index (χ3v) is 5.37. The molecule has 1 unspecified atom stereocenters. The molecule has 120 valence electrons. The van der Waals surface area contributed by atoms with Crippen LogP contribution in [0.15, 0.2) is 29.2 Å². The molecule has 1 aromatic rings. The first-order valence-corrected chi connectivity index (χ1v) is 8.87. The van der Waals surface area contributed by atoms with Gasteiger partial charge in [0.2, 0.25) is 10.0 Å². The number of rotatable bonds is 9. The summed E-state index contributed by atoms with van der Waals surface area (Å²) in [7, 11) is -3.58. The van der Waals surface area contributed by atoms with Crippen molar-refractivity contribution in [2.45, 2.75) is 44.0 Å². The van der Waals surface area contributed by atoms with E-state index in [-0.39, 0.29) is 24.1 Å². The molecule has 0 saturated carbocycles. The van der Waals surface area contributed by atoms with Crippen molar-refractivity contribution in [3.05, 3.63) is 29.8 Å². The summed E-state index contributed by atoms with van der Waals surface area (Å²) in [5.41, 5.74) is 6.79. The van der Waals surface area contributed by atoms with Crippen molar-refractivity contribution in [1.82, 2.24) is 4.31 Å². The van der Waals surface area contributed by atoms with Crippen LogP contribution in [0.5, 0.6) is 0 Å². The number of hydrogen-bond acceptors (Lipinski definition) is 4. The van der Waals surface area contributed by atoms with Crippen LogP contribution in [0.4, 0.5) is 0 Å². The van der Waals surface area contributed by atoms with Gasteiger partial charge in [0, 0.05) is 19.1 Å². The van der Waals surface area contributed by atoms with Crippen LogP contribution in [0.1, 0.15) is 44.7 Å². The number of unbranched alkanes of at least 4 members (excludes halogenated alkanes) is 1. The molecule has 21 heavy (non-hydrogen) atoms. The Labute approximate surface area is 127 Å². The van der Waals surface area contributed by atoms with Gasteiger partial charge >= 0.3 is 0 Å². The summed E-state index contributed by atoms with van der Waals surface area (Å²) in [6.45, 7) is 4.32. The second-order valence-electron chi connectivity index (χ2n) is 5.07. The smallest absolute Gasteiger partial charge is 0.243 e. The van der Waals surface area contributed by atoms with Crippen molar-refractivity contribution in [1.29, 1.82) is 0 Å². The largest absolute Gasteiger partial charge is 0.395 e. The number of hydrogen-bond donors (Lipinski definition) is 2. The predicted octanol–water partition coefficient (Wildman–Crippen LogP) is 1.88. The van der Waals surface area contributed by atoms with Gasteiger partial charge in [-0.15, -0.1) is 0 Å². The summed E-state index contributed by atoms with van der Waals surface area (Å²) < 4.78 is 26.7. The molecule has 1 rings (SSSR count). The highest BCUT2D eigenvalue weighted by atomic mass is 32.2. The summed E-state index contributed by atoms with van der Waals surface area (Å²) in [5.74, 6) is 0. The lowest BCUT2D eigenvalue weighted by Crippen LogP contribution is -2.34. The molecule has 0 aliphatic carbocycles. The Bertz CT molecular complexity index is 531. The Morgan fingerprint density at radius 2 is 2.00 bits per heavy atom. The highest BCUT2D eigenvalue weighted by Gasteiger charge is 2.24. The van der Waals surface area contributed by atoms with Crippen LogP contribution in [0.25, 0.3) is 0 Å². The second-order valence-corrected chi connectivity index (χ2v) is 7.01. The van der Waals surface area contributed by atoms with E-state index in [9.17, 15) is 8.42 Å². The molecular formula is C15H26N2O3S. The van der Waals surface area contributed by atoms with E-state index in [1.165, 1.54) is 4.31 Å². The quantitative estimate of drug-likeness (QED) is 0.729. The zero-order valence-corrected chi connectivity index (χ0v) is 13.6. The first kappa shape index (κ1) is 18.1. The van der Waals surface area contributed by atoms with Gasteiger partial charge in [0.15, 0.2) is 0 Å². The van der Waals surface area contributed by atoms with Crippen molar-refractivity contribution in [2.75, 3.05) is 19.7 Å². The standard InChI is InChI=1S/C15H26N2O3S/c1-3-5-9-17(10-11-18)21(19,20)14-8-6-7-13(12-14)15(16)4-2/h6-8,12,15,18H,3-5,9-11,16H2,1-2H3. The molecule has 0 aromatic heterocycles. The highest BCUT2D eigenvalue weighted by Crippen LogP contribution is 2.21. The van der Waals surface area contributed by atoms with Crippen LogP contribution in [-0.2, 0) is 10.0 Å². The van der Waals surface area contributed by atoms with Gasteiger partial charge in [-0.1, -0.05) is 32.4 Å². The van der Waals surface area contributed by atoms with E-state index >= 15 is 0 Å². The number of nitrogens with two attached hydrogens (primary N) is 1. The molecule has 3 N–H and O–H groups in total. The summed E-state index contributed by atoms with van der Waals surface area (Å²) in [4.78, 5) is 0.244. The number of sulfonamides is 1. The molecule has 0 heterocycles. The van der Waals surface area contributed by atoms with E-state index in [4.69, 9.17) is 10.8 Å². The third-order valence-electron chi connectivity index (χ3n) is 3.47. The van der Waals surface area contributed by atoms with Gasteiger partial charge in [-0.05, 0) is 30.5 Å². The molecule has 6 heteroatoms. The van der Waals surface area contributed by atoms with E-state index in [0.717, 1.165) is 24.8 Å². The van der Waals surface area contributed by atoms with Crippen molar-refractivity contribution < 1.29 is 13.5 Å². The third kappa shape index (κ3) is 4.78. The maximum Gasteiger partial charge on any atom is 0.243 e. The first-order valence-electron chi connectivity index (χ1n) is 7.43. The van der Waals surface area contributed by atoms with Crippen LogP contribution < -0.4 is 5.73 Å². The van der Waals surface area contributed by atoms with E-state index < -0.39 is 10.0 Å². The van der Waals surface area contributed by atoms with Crippen LogP contribution in [0.3, 0.4) is 0 Å². The highest BCUT2D eigenvalue weighted by molar-refractivity contribution is 7.89. The molecule has 0 saturated heterocycles. The van der Waals surface area contributed by atoms with Crippen molar-refractivity contribution in [2.24, 2.45) is 5.73 Å². The van der Waals surface area contributed by atoms with E-state index in [1.54, 1.807) is 18.2 Å². The lowest BCUT2D eigenvalue weighted by atomic mass is 10.1. The first-order chi connectivity index (χ1) is 9.97. The fourth-order valence-electron chi connectivity index (χ4n) is 2.09. The Morgan fingerprint density at radius 1 is 1.29 bits per heavy atom. The number of benzene rings is 1.